The Morgan fingerprint density at radius 2 is 1.82 bits per heavy atom. The van der Waals surface area contributed by atoms with Gasteiger partial charge in [0, 0.05) is 69.1 Å². The van der Waals surface area contributed by atoms with Crippen molar-refractivity contribution in [1.82, 2.24) is 29.5 Å². The lowest BCUT2D eigenvalue weighted by Crippen LogP contribution is -2.52. The van der Waals surface area contributed by atoms with Crippen LogP contribution in [-0.2, 0) is 23.2 Å². The molecule has 40 heavy (non-hydrogen) atoms. The molecule has 1 spiro atoms. The Kier molecular flexibility index (Phi) is 8.21. The lowest BCUT2D eigenvalue weighted by atomic mass is 9.70. The van der Waals surface area contributed by atoms with Gasteiger partial charge in [0.25, 0.3) is 5.91 Å². The normalized spacial score (nSPS) is 20.8. The van der Waals surface area contributed by atoms with E-state index in [-0.39, 0.29) is 17.7 Å². The number of carboxylic acid groups (broad SMARTS) is 1. The molecule has 2 aliphatic rings. The van der Waals surface area contributed by atoms with E-state index in [0.717, 1.165) is 29.8 Å². The summed E-state index contributed by atoms with van der Waals surface area (Å²) in [7, 11) is 1.90. The van der Waals surface area contributed by atoms with Crippen molar-refractivity contribution in [2.75, 3.05) is 19.6 Å². The number of carboxylic acids is 1. The number of halogens is 3. The van der Waals surface area contributed by atoms with Gasteiger partial charge in [0.1, 0.15) is 5.69 Å². The highest BCUT2D eigenvalue weighted by atomic mass is 19.4. The molecule has 5 heterocycles. The van der Waals surface area contributed by atoms with Crippen LogP contribution in [0.2, 0.25) is 0 Å². The number of hydrogen-bond acceptors (Lipinski definition) is 6. The molecule has 10 nitrogen and oxygen atoms in total. The summed E-state index contributed by atoms with van der Waals surface area (Å²) in [5.41, 5.74) is 2.60. The number of carbonyl (C=O) groups excluding carboxylic acids is 2. The molecule has 0 bridgehead atoms. The van der Waals surface area contributed by atoms with Gasteiger partial charge in [-0.1, -0.05) is 6.07 Å². The third-order valence-corrected chi connectivity index (χ3v) is 7.28. The zero-order chi connectivity index (χ0) is 29.1. The Bertz CT molecular complexity index is 1380. The number of aryl methyl sites for hydroxylation is 2. The van der Waals surface area contributed by atoms with E-state index in [9.17, 15) is 22.8 Å². The summed E-state index contributed by atoms with van der Waals surface area (Å²) in [4.78, 5) is 48.6. The molecule has 0 saturated carbocycles. The van der Waals surface area contributed by atoms with E-state index in [1.165, 1.54) is 0 Å². The number of hydrogen-bond donors (Lipinski definition) is 1. The number of amides is 2. The van der Waals surface area contributed by atoms with Crippen LogP contribution in [0, 0.1) is 12.3 Å². The number of rotatable bonds is 4. The molecule has 2 atom stereocenters. The van der Waals surface area contributed by atoms with E-state index in [1.807, 2.05) is 58.8 Å². The molecule has 0 radical (unpaired) electrons. The number of carbonyl (C=O) groups is 3. The summed E-state index contributed by atoms with van der Waals surface area (Å²) >= 11 is 0. The van der Waals surface area contributed by atoms with Gasteiger partial charge in [-0.3, -0.25) is 19.3 Å². The minimum atomic E-state index is -5.08. The van der Waals surface area contributed by atoms with Crippen molar-refractivity contribution in [2.45, 2.75) is 38.4 Å². The second-order valence-electron chi connectivity index (χ2n) is 9.93. The van der Waals surface area contributed by atoms with Gasteiger partial charge in [-0.2, -0.15) is 18.3 Å². The topological polar surface area (TPSA) is 122 Å². The summed E-state index contributed by atoms with van der Waals surface area (Å²) in [6.45, 7) is 4.01. The van der Waals surface area contributed by atoms with Crippen LogP contribution in [0.4, 0.5) is 13.2 Å². The summed E-state index contributed by atoms with van der Waals surface area (Å²) in [6.07, 6.45) is 1.83. The van der Waals surface area contributed by atoms with Crippen molar-refractivity contribution < 1.29 is 32.7 Å². The molecule has 5 rings (SSSR count). The van der Waals surface area contributed by atoms with Gasteiger partial charge in [-0.25, -0.2) is 9.78 Å². The number of piperidine rings is 1. The summed E-state index contributed by atoms with van der Waals surface area (Å²) in [6, 6.07) is 11.3. The summed E-state index contributed by atoms with van der Waals surface area (Å²) < 4.78 is 33.6. The molecular weight excluding hydrogens is 529 g/mol. The molecule has 3 aromatic heterocycles. The number of likely N-dealkylation sites (tertiary alicyclic amines) is 2. The first-order valence-electron chi connectivity index (χ1n) is 12.6. The van der Waals surface area contributed by atoms with Gasteiger partial charge in [-0.05, 0) is 55.7 Å². The van der Waals surface area contributed by atoms with Crippen molar-refractivity contribution in [3.05, 3.63) is 77.6 Å². The Hall–Kier alpha value is -4.29. The van der Waals surface area contributed by atoms with Crippen LogP contribution < -0.4 is 0 Å². The molecule has 0 aliphatic carbocycles. The fourth-order valence-electron chi connectivity index (χ4n) is 5.43. The van der Waals surface area contributed by atoms with E-state index in [4.69, 9.17) is 9.90 Å². The molecule has 0 unspecified atom stereocenters. The predicted molar refractivity (Wildman–Crippen MR) is 136 cm³/mol. The van der Waals surface area contributed by atoms with E-state index >= 15 is 0 Å². The van der Waals surface area contributed by atoms with E-state index in [1.54, 1.807) is 24.7 Å². The van der Waals surface area contributed by atoms with Crippen LogP contribution in [-0.4, -0.2) is 78.2 Å². The minimum absolute atomic E-state index is 0.115. The summed E-state index contributed by atoms with van der Waals surface area (Å²) in [5.74, 6) is -2.88. The zero-order valence-electron chi connectivity index (χ0n) is 22.0. The molecule has 2 amide bonds. The highest BCUT2D eigenvalue weighted by Gasteiger charge is 2.57. The molecular formula is C27H29F3N6O4. The first-order valence-corrected chi connectivity index (χ1v) is 12.6. The number of aliphatic carboxylic acids is 1. The van der Waals surface area contributed by atoms with Crippen LogP contribution >= 0.6 is 0 Å². The Balaban J connectivity index is 0.000000470. The maximum atomic E-state index is 14.1. The fraction of sp³-hybridized carbons (Fsp3) is 0.407. The van der Waals surface area contributed by atoms with Crippen LogP contribution in [0.1, 0.15) is 46.2 Å². The highest BCUT2D eigenvalue weighted by molar-refractivity contribution is 5.94. The van der Waals surface area contributed by atoms with Gasteiger partial charge in [0.05, 0.1) is 5.41 Å². The van der Waals surface area contributed by atoms with E-state index < -0.39 is 17.6 Å². The molecule has 2 fully saturated rings. The lowest BCUT2D eigenvalue weighted by molar-refractivity contribution is -0.192. The van der Waals surface area contributed by atoms with Crippen LogP contribution in [0.25, 0.3) is 0 Å². The monoisotopic (exact) mass is 558 g/mol. The standard InChI is InChI=1S/C25H28N6O2.C2HF3O2/c1-18-5-3-6-21(28-18)23(32)31-16-20(22-9-13-27-29(22)2)25(17-31)10-4-14-30(24(25)33)15-19-7-11-26-12-8-19;3-2(4,5)1(6)7/h3,5-9,11-13,20H,4,10,14-17H2,1-2H3;(H,6,7)/t20-,25+;/m0./s1. The van der Waals surface area contributed by atoms with Gasteiger partial charge >= 0.3 is 12.1 Å². The van der Waals surface area contributed by atoms with Gasteiger partial charge < -0.3 is 14.9 Å². The van der Waals surface area contributed by atoms with Crippen molar-refractivity contribution in [2.24, 2.45) is 12.5 Å². The maximum absolute atomic E-state index is 14.1. The van der Waals surface area contributed by atoms with Gasteiger partial charge in [0.15, 0.2) is 0 Å². The Morgan fingerprint density at radius 3 is 2.42 bits per heavy atom. The molecule has 3 aromatic rings. The first kappa shape index (κ1) is 28.7. The number of nitrogens with zero attached hydrogens (tertiary/aromatic N) is 6. The molecule has 1 N–H and O–H groups in total. The second kappa shape index (κ2) is 11.4. The third-order valence-electron chi connectivity index (χ3n) is 7.28. The van der Waals surface area contributed by atoms with Crippen molar-refractivity contribution in [3.8, 4) is 0 Å². The Labute approximate surface area is 228 Å². The van der Waals surface area contributed by atoms with Crippen molar-refractivity contribution in [1.29, 1.82) is 0 Å². The van der Waals surface area contributed by atoms with Crippen LogP contribution in [0.15, 0.2) is 55.0 Å². The maximum Gasteiger partial charge on any atom is 0.490 e. The predicted octanol–water partition coefficient (Wildman–Crippen LogP) is 3.20. The summed E-state index contributed by atoms with van der Waals surface area (Å²) in [5, 5.41) is 11.5. The zero-order valence-corrected chi connectivity index (χ0v) is 22.0. The first-order chi connectivity index (χ1) is 18.9. The van der Waals surface area contributed by atoms with Gasteiger partial charge in [0.2, 0.25) is 5.91 Å². The second-order valence-corrected chi connectivity index (χ2v) is 9.93. The average molecular weight is 559 g/mol. The Morgan fingerprint density at radius 1 is 1.12 bits per heavy atom. The number of pyridine rings is 2. The number of aromatic nitrogens is 4. The highest BCUT2D eigenvalue weighted by Crippen LogP contribution is 2.49. The molecule has 2 saturated heterocycles. The molecule has 0 aromatic carbocycles. The molecule has 2 aliphatic heterocycles. The fourth-order valence-corrected chi connectivity index (χ4v) is 5.43. The average Bonchev–Trinajstić information content (AvgIpc) is 3.50. The largest absolute Gasteiger partial charge is 0.490 e. The molecule has 212 valence electrons. The van der Waals surface area contributed by atoms with Crippen molar-refractivity contribution in [3.63, 3.8) is 0 Å². The van der Waals surface area contributed by atoms with Crippen LogP contribution in [0.5, 0.6) is 0 Å². The smallest absolute Gasteiger partial charge is 0.475 e. The van der Waals surface area contributed by atoms with Gasteiger partial charge in [-0.15, -0.1) is 0 Å². The SMILES string of the molecule is Cc1cccc(C(=O)N2C[C@@H](c3ccnn3C)[C@@]3(CCCN(Cc4ccncc4)C3=O)C2)n1.O=C(O)C(F)(F)F. The molecule has 13 heteroatoms. The quantitative estimate of drug-likeness (QED) is 0.522. The number of alkyl halides is 3. The third kappa shape index (κ3) is 5.97. The van der Waals surface area contributed by atoms with E-state index in [0.29, 0.717) is 31.9 Å². The van der Waals surface area contributed by atoms with E-state index in [2.05, 4.69) is 15.1 Å². The minimum Gasteiger partial charge on any atom is -0.475 e. The van der Waals surface area contributed by atoms with Crippen molar-refractivity contribution >= 4 is 17.8 Å². The van der Waals surface area contributed by atoms with Crippen LogP contribution in [0.3, 0.4) is 0 Å². The lowest BCUT2D eigenvalue weighted by Gasteiger charge is -2.42.